The molecule has 1 fully saturated rings. The summed E-state index contributed by atoms with van der Waals surface area (Å²) in [4.78, 5) is 41.3. The van der Waals surface area contributed by atoms with E-state index in [0.717, 1.165) is 0 Å². The molecule has 3 rings (SSSR count). The normalized spacial score (nSPS) is 16.0. The summed E-state index contributed by atoms with van der Waals surface area (Å²) in [5.41, 5.74) is -0.839. The van der Waals surface area contributed by atoms with Gasteiger partial charge in [0.25, 0.3) is 11.5 Å². The van der Waals surface area contributed by atoms with E-state index in [9.17, 15) is 19.5 Å². The van der Waals surface area contributed by atoms with E-state index in [0.29, 0.717) is 12.8 Å². The molecule has 122 valence electrons. The minimum Gasteiger partial charge on any atom is -0.504 e. The standard InChI is InChI=1S/C14H16N4O5/c1-16-12(20)9(10(19)11-15-4-7-18(11)16)13(21)17-5-2-8(3-6-17)14(22)23/h4,7-8,19H,2-3,5-6H2,1H3,(H,22,23). The summed E-state index contributed by atoms with van der Waals surface area (Å²) in [6.07, 6.45) is 3.58. The smallest absolute Gasteiger partial charge is 0.306 e. The Balaban J connectivity index is 1.96. The molecule has 0 aliphatic carbocycles. The van der Waals surface area contributed by atoms with E-state index >= 15 is 0 Å². The number of piperidine rings is 1. The third-order valence-electron chi connectivity index (χ3n) is 4.25. The summed E-state index contributed by atoms with van der Waals surface area (Å²) < 4.78 is 2.55. The minimum absolute atomic E-state index is 0.121. The van der Waals surface area contributed by atoms with E-state index < -0.39 is 29.1 Å². The maximum Gasteiger partial charge on any atom is 0.306 e. The number of amides is 1. The molecule has 0 spiro atoms. The third-order valence-corrected chi connectivity index (χ3v) is 4.25. The van der Waals surface area contributed by atoms with Crippen LogP contribution in [0.25, 0.3) is 5.65 Å². The molecule has 0 atom stereocenters. The SMILES string of the molecule is Cn1c(=O)c(C(=O)N2CCC(C(=O)O)CC2)c(O)c2nccn21. The quantitative estimate of drug-likeness (QED) is 0.783. The summed E-state index contributed by atoms with van der Waals surface area (Å²) in [6, 6.07) is 0. The summed E-state index contributed by atoms with van der Waals surface area (Å²) in [5.74, 6) is -2.42. The number of carbonyl (C=O) groups is 2. The zero-order chi connectivity index (χ0) is 16.7. The van der Waals surface area contributed by atoms with Crippen LogP contribution in [-0.4, -0.2) is 54.3 Å². The molecule has 2 N–H and O–H groups in total. The minimum atomic E-state index is -0.880. The van der Waals surface area contributed by atoms with Crippen LogP contribution in [0.15, 0.2) is 17.2 Å². The molecule has 3 heterocycles. The van der Waals surface area contributed by atoms with Crippen molar-refractivity contribution in [2.45, 2.75) is 12.8 Å². The molecule has 0 bridgehead atoms. The summed E-state index contributed by atoms with van der Waals surface area (Å²) in [7, 11) is 1.48. The number of likely N-dealkylation sites (tertiary alicyclic amines) is 1. The highest BCUT2D eigenvalue weighted by molar-refractivity contribution is 5.98. The molecule has 1 amide bonds. The van der Waals surface area contributed by atoms with Gasteiger partial charge in [0.05, 0.1) is 5.92 Å². The fraction of sp³-hybridized carbons (Fsp3) is 0.429. The van der Waals surface area contributed by atoms with Crippen LogP contribution in [0.4, 0.5) is 0 Å². The largest absolute Gasteiger partial charge is 0.504 e. The predicted molar refractivity (Wildman–Crippen MR) is 78.4 cm³/mol. The maximum atomic E-state index is 12.6. The van der Waals surface area contributed by atoms with Crippen molar-refractivity contribution in [1.29, 1.82) is 0 Å². The van der Waals surface area contributed by atoms with Gasteiger partial charge in [-0.1, -0.05) is 0 Å². The fourth-order valence-electron chi connectivity index (χ4n) is 2.86. The first kappa shape index (κ1) is 15.1. The molecule has 2 aromatic rings. The monoisotopic (exact) mass is 320 g/mol. The van der Waals surface area contributed by atoms with Gasteiger partial charge in [0.1, 0.15) is 0 Å². The van der Waals surface area contributed by atoms with Crippen molar-refractivity contribution in [2.75, 3.05) is 13.1 Å². The lowest BCUT2D eigenvalue weighted by Crippen LogP contribution is -2.43. The predicted octanol–water partition coefficient (Wildman–Crippen LogP) is -0.325. The number of aryl methyl sites for hydroxylation is 1. The number of aliphatic carboxylic acids is 1. The molecule has 23 heavy (non-hydrogen) atoms. The Bertz CT molecular complexity index is 845. The zero-order valence-corrected chi connectivity index (χ0v) is 12.5. The highest BCUT2D eigenvalue weighted by atomic mass is 16.4. The van der Waals surface area contributed by atoms with Crippen LogP contribution in [0.3, 0.4) is 0 Å². The number of hydrogen-bond donors (Lipinski definition) is 2. The molecule has 0 aromatic carbocycles. The molecule has 1 saturated heterocycles. The van der Waals surface area contributed by atoms with Gasteiger partial charge in [-0.15, -0.1) is 0 Å². The van der Waals surface area contributed by atoms with Crippen molar-refractivity contribution in [3.8, 4) is 5.75 Å². The van der Waals surface area contributed by atoms with Crippen LogP contribution in [0, 0.1) is 5.92 Å². The molecular formula is C14H16N4O5. The summed E-state index contributed by atoms with van der Waals surface area (Å²) >= 11 is 0. The van der Waals surface area contributed by atoms with Crippen molar-refractivity contribution in [3.05, 3.63) is 28.3 Å². The molecule has 0 radical (unpaired) electrons. The van der Waals surface area contributed by atoms with Crippen molar-refractivity contribution in [3.63, 3.8) is 0 Å². The topological polar surface area (TPSA) is 117 Å². The Hall–Kier alpha value is -2.84. The molecule has 0 saturated carbocycles. The van der Waals surface area contributed by atoms with Crippen LogP contribution in [0.5, 0.6) is 5.75 Å². The Morgan fingerprint density at radius 2 is 1.96 bits per heavy atom. The number of aromatic hydroxyl groups is 1. The average Bonchev–Trinajstić information content (AvgIpc) is 3.03. The van der Waals surface area contributed by atoms with Crippen LogP contribution >= 0.6 is 0 Å². The second-order valence-electron chi connectivity index (χ2n) is 5.55. The number of fused-ring (bicyclic) bond motifs is 1. The Morgan fingerprint density at radius 1 is 1.30 bits per heavy atom. The molecule has 1 aliphatic rings. The lowest BCUT2D eigenvalue weighted by Gasteiger charge is -2.30. The van der Waals surface area contributed by atoms with Crippen LogP contribution < -0.4 is 5.56 Å². The molecule has 9 heteroatoms. The van der Waals surface area contributed by atoms with E-state index in [1.165, 1.54) is 33.5 Å². The summed E-state index contributed by atoms with van der Waals surface area (Å²) in [5, 5.41) is 19.2. The van der Waals surface area contributed by atoms with E-state index in [4.69, 9.17) is 5.11 Å². The molecule has 1 aliphatic heterocycles. The fourth-order valence-corrected chi connectivity index (χ4v) is 2.86. The van der Waals surface area contributed by atoms with Gasteiger partial charge in [-0.3, -0.25) is 14.4 Å². The van der Waals surface area contributed by atoms with Crippen LogP contribution in [-0.2, 0) is 11.8 Å². The van der Waals surface area contributed by atoms with Gasteiger partial charge in [0.15, 0.2) is 17.0 Å². The van der Waals surface area contributed by atoms with E-state index in [-0.39, 0.29) is 24.3 Å². The molecular weight excluding hydrogens is 304 g/mol. The van der Waals surface area contributed by atoms with E-state index in [1.807, 2.05) is 0 Å². The molecule has 9 nitrogen and oxygen atoms in total. The number of hydrogen-bond acceptors (Lipinski definition) is 5. The van der Waals surface area contributed by atoms with Gasteiger partial charge in [0.2, 0.25) is 0 Å². The van der Waals surface area contributed by atoms with Gasteiger partial charge < -0.3 is 15.1 Å². The van der Waals surface area contributed by atoms with Gasteiger partial charge in [-0.25, -0.2) is 14.2 Å². The number of nitrogens with zero attached hydrogens (tertiary/aromatic N) is 4. The van der Waals surface area contributed by atoms with Crippen LogP contribution in [0.1, 0.15) is 23.2 Å². The highest BCUT2D eigenvalue weighted by Crippen LogP contribution is 2.23. The van der Waals surface area contributed by atoms with Crippen LogP contribution in [0.2, 0.25) is 0 Å². The molecule has 0 unspecified atom stereocenters. The highest BCUT2D eigenvalue weighted by Gasteiger charge is 2.31. The van der Waals surface area contributed by atoms with Crippen molar-refractivity contribution in [1.82, 2.24) is 19.1 Å². The Labute approximate surface area is 130 Å². The number of carboxylic acids is 1. The summed E-state index contributed by atoms with van der Waals surface area (Å²) in [6.45, 7) is 0.468. The third kappa shape index (κ3) is 2.33. The van der Waals surface area contributed by atoms with Crippen molar-refractivity contribution >= 4 is 17.5 Å². The van der Waals surface area contributed by atoms with Crippen molar-refractivity contribution < 1.29 is 19.8 Å². The van der Waals surface area contributed by atoms with E-state index in [1.54, 1.807) is 0 Å². The Morgan fingerprint density at radius 3 is 2.57 bits per heavy atom. The lowest BCUT2D eigenvalue weighted by molar-refractivity contribution is -0.143. The van der Waals surface area contributed by atoms with E-state index in [2.05, 4.69) is 4.98 Å². The van der Waals surface area contributed by atoms with Gasteiger partial charge in [-0.2, -0.15) is 0 Å². The number of carboxylic acid groups (broad SMARTS) is 1. The first-order chi connectivity index (χ1) is 10.9. The lowest BCUT2D eigenvalue weighted by atomic mass is 9.96. The number of rotatable bonds is 2. The number of aromatic nitrogens is 3. The average molecular weight is 320 g/mol. The first-order valence-electron chi connectivity index (χ1n) is 7.19. The maximum absolute atomic E-state index is 12.6. The van der Waals surface area contributed by atoms with Gasteiger partial charge in [-0.05, 0) is 12.8 Å². The first-order valence-corrected chi connectivity index (χ1v) is 7.19. The van der Waals surface area contributed by atoms with Gasteiger partial charge in [0, 0.05) is 32.5 Å². The van der Waals surface area contributed by atoms with Gasteiger partial charge >= 0.3 is 5.97 Å². The second kappa shape index (κ2) is 5.41. The number of imidazole rings is 1. The van der Waals surface area contributed by atoms with Crippen molar-refractivity contribution in [2.24, 2.45) is 13.0 Å². The second-order valence-corrected chi connectivity index (χ2v) is 5.55. The Kier molecular flexibility index (Phi) is 3.55. The zero-order valence-electron chi connectivity index (χ0n) is 12.5. The molecule has 2 aromatic heterocycles. The number of carbonyl (C=O) groups excluding carboxylic acids is 1.